The Morgan fingerprint density at radius 2 is 2.08 bits per heavy atom. The zero-order valence-corrected chi connectivity index (χ0v) is 14.7. The first-order chi connectivity index (χ1) is 11.4. The van der Waals surface area contributed by atoms with E-state index in [1.807, 2.05) is 25.1 Å². The molecule has 0 bridgehead atoms. The third kappa shape index (κ3) is 3.29. The number of hydrogen-bond acceptors (Lipinski definition) is 4. The molecule has 3 rings (SSSR count). The fraction of sp³-hybridized carbons (Fsp3) is 0.500. The normalized spacial score (nSPS) is 17.2. The maximum atomic E-state index is 12.5. The second-order valence-electron chi connectivity index (χ2n) is 6.17. The largest absolute Gasteiger partial charge is 0.348 e. The third-order valence-corrected chi connectivity index (χ3v) is 6.36. The number of carbonyl (C=O) groups excluding carboxylic acids is 1. The van der Waals surface area contributed by atoms with E-state index in [0.717, 1.165) is 16.5 Å². The van der Waals surface area contributed by atoms with Gasteiger partial charge in [0.05, 0.1) is 11.3 Å². The number of hydrogen-bond donors (Lipinski definition) is 2. The number of piperidine rings is 1. The Morgan fingerprint density at radius 1 is 1.38 bits per heavy atom. The van der Waals surface area contributed by atoms with Crippen LogP contribution in [0.4, 0.5) is 0 Å². The molecule has 0 aliphatic carbocycles. The van der Waals surface area contributed by atoms with Gasteiger partial charge < -0.3 is 5.32 Å². The molecule has 2 heterocycles. The van der Waals surface area contributed by atoms with Crippen molar-refractivity contribution in [2.75, 3.05) is 18.8 Å². The fourth-order valence-corrected chi connectivity index (χ4v) is 4.15. The number of amides is 1. The van der Waals surface area contributed by atoms with Crippen molar-refractivity contribution in [1.29, 1.82) is 0 Å². The van der Waals surface area contributed by atoms with Gasteiger partial charge >= 0.3 is 0 Å². The summed E-state index contributed by atoms with van der Waals surface area (Å²) < 4.78 is 25.2. The van der Waals surface area contributed by atoms with Crippen LogP contribution in [0.3, 0.4) is 0 Å². The number of nitrogens with one attached hydrogen (secondary N) is 2. The van der Waals surface area contributed by atoms with Gasteiger partial charge in [0.25, 0.3) is 5.91 Å². The molecule has 0 radical (unpaired) electrons. The van der Waals surface area contributed by atoms with Crippen molar-refractivity contribution in [3.05, 3.63) is 29.5 Å². The van der Waals surface area contributed by atoms with Crippen molar-refractivity contribution in [3.8, 4) is 0 Å². The molecular weight excluding hydrogens is 328 g/mol. The number of aryl methyl sites for hydroxylation is 1. The average Bonchev–Trinajstić information content (AvgIpc) is 2.98. The number of aromatic nitrogens is 2. The van der Waals surface area contributed by atoms with Crippen LogP contribution in [0, 0.1) is 6.92 Å². The molecule has 0 spiro atoms. The molecule has 7 nitrogen and oxygen atoms in total. The SMILES string of the molecule is CCS(=O)(=O)N1CCC(NC(=O)c2n[nH]c3ccc(C)cc23)CC1. The molecule has 130 valence electrons. The number of carbonyl (C=O) groups is 1. The van der Waals surface area contributed by atoms with Crippen LogP contribution in [0.15, 0.2) is 18.2 Å². The summed E-state index contributed by atoms with van der Waals surface area (Å²) in [6.45, 7) is 4.51. The smallest absolute Gasteiger partial charge is 0.272 e. The Morgan fingerprint density at radius 3 is 2.75 bits per heavy atom. The van der Waals surface area contributed by atoms with Crippen molar-refractivity contribution in [3.63, 3.8) is 0 Å². The number of fused-ring (bicyclic) bond motifs is 1. The highest BCUT2D eigenvalue weighted by atomic mass is 32.2. The highest BCUT2D eigenvalue weighted by Gasteiger charge is 2.28. The van der Waals surface area contributed by atoms with Crippen LogP contribution in [0.25, 0.3) is 10.9 Å². The van der Waals surface area contributed by atoms with Gasteiger partial charge in [-0.05, 0) is 38.8 Å². The number of sulfonamides is 1. The summed E-state index contributed by atoms with van der Waals surface area (Å²) in [5.41, 5.74) is 2.28. The Balaban J connectivity index is 1.67. The van der Waals surface area contributed by atoms with Crippen LogP contribution in [0.2, 0.25) is 0 Å². The second-order valence-corrected chi connectivity index (χ2v) is 8.43. The lowest BCUT2D eigenvalue weighted by Crippen LogP contribution is -2.46. The van der Waals surface area contributed by atoms with Crippen LogP contribution in [-0.2, 0) is 10.0 Å². The van der Waals surface area contributed by atoms with Crippen LogP contribution >= 0.6 is 0 Å². The van der Waals surface area contributed by atoms with Gasteiger partial charge in [-0.15, -0.1) is 0 Å². The topological polar surface area (TPSA) is 95.2 Å². The van der Waals surface area contributed by atoms with Crippen LogP contribution in [-0.4, -0.2) is 53.7 Å². The molecule has 1 aliphatic rings. The zero-order chi connectivity index (χ0) is 17.3. The molecule has 24 heavy (non-hydrogen) atoms. The molecule has 1 aromatic heterocycles. The van der Waals surface area contributed by atoms with Crippen molar-refractivity contribution >= 4 is 26.8 Å². The summed E-state index contributed by atoms with van der Waals surface area (Å²) in [7, 11) is -3.15. The molecule has 2 N–H and O–H groups in total. The minimum atomic E-state index is -3.15. The highest BCUT2D eigenvalue weighted by molar-refractivity contribution is 7.89. The van der Waals surface area contributed by atoms with Crippen molar-refractivity contribution < 1.29 is 13.2 Å². The molecule has 1 aromatic carbocycles. The minimum Gasteiger partial charge on any atom is -0.348 e. The molecule has 1 saturated heterocycles. The molecule has 1 aliphatic heterocycles. The first-order valence-electron chi connectivity index (χ1n) is 8.14. The maximum Gasteiger partial charge on any atom is 0.272 e. The van der Waals surface area contributed by atoms with Gasteiger partial charge in [0.2, 0.25) is 10.0 Å². The number of benzene rings is 1. The van der Waals surface area contributed by atoms with Crippen molar-refractivity contribution in [2.45, 2.75) is 32.7 Å². The van der Waals surface area contributed by atoms with E-state index in [4.69, 9.17) is 0 Å². The minimum absolute atomic E-state index is 0.0302. The fourth-order valence-electron chi connectivity index (χ4n) is 3.02. The quantitative estimate of drug-likeness (QED) is 0.872. The molecule has 1 fully saturated rings. The maximum absolute atomic E-state index is 12.5. The van der Waals surface area contributed by atoms with Crippen molar-refractivity contribution in [2.24, 2.45) is 0 Å². The van der Waals surface area contributed by atoms with Gasteiger partial charge in [0.15, 0.2) is 5.69 Å². The Hall–Kier alpha value is -1.93. The molecule has 0 unspecified atom stereocenters. The summed E-state index contributed by atoms with van der Waals surface area (Å²) >= 11 is 0. The van der Waals surface area contributed by atoms with Gasteiger partial charge in [-0.3, -0.25) is 9.89 Å². The summed E-state index contributed by atoms with van der Waals surface area (Å²) in [6, 6.07) is 5.77. The number of nitrogens with zero attached hydrogens (tertiary/aromatic N) is 2. The molecule has 1 amide bonds. The van der Waals surface area contributed by atoms with Gasteiger partial charge in [-0.25, -0.2) is 12.7 Å². The van der Waals surface area contributed by atoms with E-state index in [-0.39, 0.29) is 17.7 Å². The molecule has 0 saturated carbocycles. The van der Waals surface area contributed by atoms with Crippen LogP contribution in [0.1, 0.15) is 35.8 Å². The molecule has 0 atom stereocenters. The first-order valence-corrected chi connectivity index (χ1v) is 9.75. The molecular formula is C16H22N4O3S. The Bertz CT molecular complexity index is 851. The van der Waals surface area contributed by atoms with Gasteiger partial charge in [-0.2, -0.15) is 5.10 Å². The van der Waals surface area contributed by atoms with Gasteiger partial charge in [0.1, 0.15) is 0 Å². The monoisotopic (exact) mass is 350 g/mol. The first kappa shape index (κ1) is 16.9. The van der Waals surface area contributed by atoms with Gasteiger partial charge in [0, 0.05) is 24.5 Å². The summed E-state index contributed by atoms with van der Waals surface area (Å²) in [6.07, 6.45) is 1.23. The predicted octanol–water partition coefficient (Wildman–Crippen LogP) is 1.42. The zero-order valence-electron chi connectivity index (χ0n) is 13.9. The van der Waals surface area contributed by atoms with Crippen molar-refractivity contribution in [1.82, 2.24) is 19.8 Å². The highest BCUT2D eigenvalue weighted by Crippen LogP contribution is 2.19. The standard InChI is InChI=1S/C16H22N4O3S/c1-3-24(22,23)20-8-6-12(7-9-20)17-16(21)15-13-10-11(2)4-5-14(13)18-19-15/h4-5,10,12H,3,6-9H2,1-2H3,(H,17,21)(H,18,19). The van der Waals surface area contributed by atoms with E-state index in [2.05, 4.69) is 15.5 Å². The Labute approximate surface area is 141 Å². The predicted molar refractivity (Wildman–Crippen MR) is 92.4 cm³/mol. The Kier molecular flexibility index (Phi) is 4.60. The van der Waals surface area contributed by atoms with Gasteiger partial charge in [-0.1, -0.05) is 11.6 Å². The van der Waals surface area contributed by atoms with Crippen LogP contribution in [0.5, 0.6) is 0 Å². The average molecular weight is 350 g/mol. The molecule has 2 aromatic rings. The summed E-state index contributed by atoms with van der Waals surface area (Å²) in [4.78, 5) is 12.5. The van der Waals surface area contributed by atoms with E-state index < -0.39 is 10.0 Å². The van der Waals surface area contributed by atoms with Crippen LogP contribution < -0.4 is 5.32 Å². The third-order valence-electron chi connectivity index (χ3n) is 4.48. The van der Waals surface area contributed by atoms with E-state index in [1.54, 1.807) is 6.92 Å². The lowest BCUT2D eigenvalue weighted by Gasteiger charge is -2.31. The lowest BCUT2D eigenvalue weighted by atomic mass is 10.1. The molecule has 8 heteroatoms. The summed E-state index contributed by atoms with van der Waals surface area (Å²) in [5.74, 6) is -0.105. The number of rotatable bonds is 4. The number of aromatic amines is 1. The van der Waals surface area contributed by atoms with E-state index in [9.17, 15) is 13.2 Å². The van der Waals surface area contributed by atoms with E-state index in [0.29, 0.717) is 31.6 Å². The van der Waals surface area contributed by atoms with E-state index in [1.165, 1.54) is 4.31 Å². The number of H-pyrrole nitrogens is 1. The van der Waals surface area contributed by atoms with E-state index >= 15 is 0 Å². The lowest BCUT2D eigenvalue weighted by molar-refractivity contribution is 0.0920. The summed E-state index contributed by atoms with van der Waals surface area (Å²) in [5, 5.41) is 10.8. The second kappa shape index (κ2) is 6.52.